The Labute approximate surface area is 180 Å². The van der Waals surface area contributed by atoms with Gasteiger partial charge >= 0.3 is 5.97 Å². The maximum Gasteiger partial charge on any atom is 0.347 e. The number of aliphatic carboxylic acids is 1. The highest BCUT2D eigenvalue weighted by molar-refractivity contribution is 7.89. The van der Waals surface area contributed by atoms with Gasteiger partial charge in [-0.1, -0.05) is 19.3 Å². The Bertz CT molecular complexity index is 854. The molecule has 0 atom stereocenters. The van der Waals surface area contributed by atoms with Crippen molar-refractivity contribution in [1.82, 2.24) is 9.21 Å². The van der Waals surface area contributed by atoms with Crippen molar-refractivity contribution in [3.05, 3.63) is 23.8 Å². The van der Waals surface area contributed by atoms with Crippen molar-refractivity contribution in [2.45, 2.75) is 63.4 Å². The molecular weight excluding hydrogens is 404 g/mol. The topological polar surface area (TPSA) is 87.2 Å². The van der Waals surface area contributed by atoms with Crippen LogP contribution in [0.4, 0.5) is 0 Å². The summed E-state index contributed by atoms with van der Waals surface area (Å²) in [7, 11) is -3.58. The zero-order valence-electron chi connectivity index (χ0n) is 18.3. The number of carbonyl (C=O) groups is 1. The van der Waals surface area contributed by atoms with Crippen LogP contribution in [0.25, 0.3) is 0 Å². The van der Waals surface area contributed by atoms with Gasteiger partial charge in [0.15, 0.2) is 5.60 Å². The number of ether oxygens (including phenoxy) is 1. The largest absolute Gasteiger partial charge is 0.478 e. The smallest absolute Gasteiger partial charge is 0.347 e. The molecule has 2 fully saturated rings. The molecule has 8 heteroatoms. The molecule has 30 heavy (non-hydrogen) atoms. The van der Waals surface area contributed by atoms with Crippen LogP contribution in [-0.2, 0) is 14.8 Å². The molecular formula is C22H34N2O5S. The number of piperazine rings is 1. The second kappa shape index (κ2) is 9.24. The van der Waals surface area contributed by atoms with E-state index in [9.17, 15) is 18.3 Å². The Morgan fingerprint density at radius 2 is 1.77 bits per heavy atom. The molecule has 1 aliphatic carbocycles. The maximum atomic E-state index is 13.1. The fourth-order valence-corrected chi connectivity index (χ4v) is 5.76. The summed E-state index contributed by atoms with van der Waals surface area (Å²) < 4.78 is 33.4. The molecule has 1 heterocycles. The van der Waals surface area contributed by atoms with Crippen LogP contribution >= 0.6 is 0 Å². The number of hydrogen-bond donors (Lipinski definition) is 1. The molecule has 1 aromatic rings. The van der Waals surface area contributed by atoms with E-state index in [1.165, 1.54) is 52.0 Å². The van der Waals surface area contributed by atoms with Crippen molar-refractivity contribution in [3.63, 3.8) is 0 Å². The van der Waals surface area contributed by atoms with Gasteiger partial charge in [-0.05, 0) is 63.3 Å². The molecule has 0 aromatic heterocycles. The summed E-state index contributed by atoms with van der Waals surface area (Å²) in [5.41, 5.74) is -0.791. The molecule has 168 valence electrons. The number of hydrogen-bond acceptors (Lipinski definition) is 5. The van der Waals surface area contributed by atoms with Crippen molar-refractivity contribution in [3.8, 4) is 5.75 Å². The second-order valence-corrected chi connectivity index (χ2v) is 11.0. The van der Waals surface area contributed by atoms with Crippen LogP contribution in [0, 0.1) is 12.8 Å². The molecule has 7 nitrogen and oxygen atoms in total. The lowest BCUT2D eigenvalue weighted by Crippen LogP contribution is -2.49. The third kappa shape index (κ3) is 5.34. The minimum atomic E-state index is -3.58. The number of aryl methyl sites for hydroxylation is 1. The van der Waals surface area contributed by atoms with Crippen molar-refractivity contribution in [2.75, 3.05) is 32.7 Å². The number of rotatable bonds is 7. The van der Waals surface area contributed by atoms with Crippen LogP contribution in [0.5, 0.6) is 5.75 Å². The SMILES string of the molecule is Cc1cc(S(=O)(=O)N2CCN(CC3CCCCC3)CC2)ccc1OC(C)(C)C(=O)O. The van der Waals surface area contributed by atoms with E-state index in [2.05, 4.69) is 4.90 Å². The predicted molar refractivity (Wildman–Crippen MR) is 115 cm³/mol. The second-order valence-electron chi connectivity index (χ2n) is 9.05. The van der Waals surface area contributed by atoms with Crippen LogP contribution in [0.15, 0.2) is 23.1 Å². The minimum absolute atomic E-state index is 0.223. The van der Waals surface area contributed by atoms with Gasteiger partial charge in [0.05, 0.1) is 4.90 Å². The van der Waals surface area contributed by atoms with Crippen LogP contribution < -0.4 is 4.74 Å². The van der Waals surface area contributed by atoms with Gasteiger partial charge in [-0.15, -0.1) is 0 Å². The third-order valence-corrected chi connectivity index (χ3v) is 8.13. The molecule has 0 amide bonds. The van der Waals surface area contributed by atoms with Gasteiger partial charge in [0.2, 0.25) is 10.0 Å². The van der Waals surface area contributed by atoms with Gasteiger partial charge in [-0.2, -0.15) is 4.31 Å². The Balaban J connectivity index is 1.63. The van der Waals surface area contributed by atoms with E-state index in [1.807, 2.05) is 0 Å². The molecule has 0 bridgehead atoms. The van der Waals surface area contributed by atoms with E-state index in [0.29, 0.717) is 24.4 Å². The molecule has 1 saturated carbocycles. The Hall–Kier alpha value is -1.64. The van der Waals surface area contributed by atoms with E-state index in [-0.39, 0.29) is 4.90 Å². The van der Waals surface area contributed by atoms with Crippen LogP contribution in [0.2, 0.25) is 0 Å². The number of benzene rings is 1. The fourth-order valence-electron chi connectivity index (χ4n) is 4.25. The van der Waals surface area contributed by atoms with Gasteiger partial charge in [-0.3, -0.25) is 0 Å². The first kappa shape index (κ1) is 23.0. The molecule has 0 spiro atoms. The first-order chi connectivity index (χ1) is 14.1. The first-order valence-corrected chi connectivity index (χ1v) is 12.3. The monoisotopic (exact) mass is 438 g/mol. The zero-order chi connectivity index (χ0) is 21.9. The van der Waals surface area contributed by atoms with Gasteiger partial charge < -0.3 is 14.7 Å². The lowest BCUT2D eigenvalue weighted by molar-refractivity contribution is -0.152. The van der Waals surface area contributed by atoms with Crippen LogP contribution in [0.3, 0.4) is 0 Å². The summed E-state index contributed by atoms with van der Waals surface area (Å²) in [6, 6.07) is 4.62. The molecule has 1 N–H and O–H groups in total. The zero-order valence-corrected chi connectivity index (χ0v) is 19.1. The number of carboxylic acids is 1. The third-order valence-electron chi connectivity index (χ3n) is 6.24. The Morgan fingerprint density at radius 1 is 1.13 bits per heavy atom. The minimum Gasteiger partial charge on any atom is -0.478 e. The molecule has 2 aliphatic rings. The standard InChI is InChI=1S/C22H34N2O5S/c1-17-15-19(9-10-20(17)29-22(2,3)21(25)26)30(27,28)24-13-11-23(12-14-24)16-18-7-5-4-6-8-18/h9-10,15,18H,4-8,11-14,16H2,1-3H3,(H,25,26). The summed E-state index contributed by atoms with van der Waals surface area (Å²) in [4.78, 5) is 13.9. The lowest BCUT2D eigenvalue weighted by atomic mass is 9.89. The Kier molecular flexibility index (Phi) is 7.09. The van der Waals surface area contributed by atoms with E-state index in [4.69, 9.17) is 4.74 Å². The highest BCUT2D eigenvalue weighted by Crippen LogP contribution is 2.28. The van der Waals surface area contributed by atoms with Crippen molar-refractivity contribution in [2.24, 2.45) is 5.92 Å². The van der Waals surface area contributed by atoms with Crippen molar-refractivity contribution < 1.29 is 23.1 Å². The molecule has 0 unspecified atom stereocenters. The number of sulfonamides is 1. The molecule has 1 aromatic carbocycles. The van der Waals surface area contributed by atoms with E-state index in [0.717, 1.165) is 25.6 Å². The molecule has 0 radical (unpaired) electrons. The predicted octanol–water partition coefficient (Wildman–Crippen LogP) is 3.12. The van der Waals surface area contributed by atoms with Gasteiger partial charge in [0.25, 0.3) is 0 Å². The van der Waals surface area contributed by atoms with Gasteiger partial charge in [-0.25, -0.2) is 13.2 Å². The normalized spacial score (nSPS) is 20.2. The van der Waals surface area contributed by atoms with Gasteiger partial charge in [0.1, 0.15) is 5.75 Å². The highest BCUT2D eigenvalue weighted by atomic mass is 32.2. The Morgan fingerprint density at radius 3 is 2.33 bits per heavy atom. The summed E-state index contributed by atoms with van der Waals surface area (Å²) in [6.07, 6.45) is 6.58. The summed E-state index contributed by atoms with van der Waals surface area (Å²) in [5, 5.41) is 9.24. The van der Waals surface area contributed by atoms with E-state index >= 15 is 0 Å². The van der Waals surface area contributed by atoms with E-state index < -0.39 is 21.6 Å². The number of nitrogens with zero attached hydrogens (tertiary/aromatic N) is 2. The quantitative estimate of drug-likeness (QED) is 0.704. The first-order valence-electron chi connectivity index (χ1n) is 10.8. The lowest BCUT2D eigenvalue weighted by Gasteiger charge is -2.36. The van der Waals surface area contributed by atoms with Crippen LogP contribution in [0.1, 0.15) is 51.5 Å². The van der Waals surface area contributed by atoms with Crippen molar-refractivity contribution in [1.29, 1.82) is 0 Å². The average Bonchev–Trinajstić information content (AvgIpc) is 2.70. The molecule has 3 rings (SSSR count). The highest BCUT2D eigenvalue weighted by Gasteiger charge is 2.32. The summed E-state index contributed by atoms with van der Waals surface area (Å²) in [5.74, 6) is 0.0514. The van der Waals surface area contributed by atoms with Gasteiger partial charge in [0, 0.05) is 32.7 Å². The summed E-state index contributed by atoms with van der Waals surface area (Å²) >= 11 is 0. The number of carboxylic acid groups (broad SMARTS) is 1. The molecule has 1 saturated heterocycles. The molecule has 1 aliphatic heterocycles. The summed E-state index contributed by atoms with van der Waals surface area (Å²) in [6.45, 7) is 8.27. The fraction of sp³-hybridized carbons (Fsp3) is 0.682. The van der Waals surface area contributed by atoms with E-state index in [1.54, 1.807) is 23.4 Å². The van der Waals surface area contributed by atoms with Crippen molar-refractivity contribution >= 4 is 16.0 Å². The average molecular weight is 439 g/mol. The van der Waals surface area contributed by atoms with Crippen LogP contribution in [-0.4, -0.2) is 67.0 Å². The maximum absolute atomic E-state index is 13.1.